The minimum atomic E-state index is -0.161. The molecule has 1 aliphatic rings. The number of rotatable bonds is 5. The molecule has 0 saturated heterocycles. The monoisotopic (exact) mass is 370 g/mol. The fourth-order valence-corrected chi connectivity index (χ4v) is 3.31. The highest BCUT2D eigenvalue weighted by molar-refractivity contribution is 6.09. The number of carbonyl (C=O) groups excluding carboxylic acids is 1. The summed E-state index contributed by atoms with van der Waals surface area (Å²) in [5, 5.41) is 7.88. The molecule has 28 heavy (non-hydrogen) atoms. The molecule has 3 aromatic heterocycles. The molecule has 1 saturated carbocycles. The second kappa shape index (κ2) is 6.88. The van der Waals surface area contributed by atoms with Crippen molar-refractivity contribution < 1.29 is 9.32 Å². The fourth-order valence-electron chi connectivity index (χ4n) is 3.31. The quantitative estimate of drug-likeness (QED) is 0.572. The summed E-state index contributed by atoms with van der Waals surface area (Å²) in [6.07, 6.45) is 5.61. The van der Waals surface area contributed by atoms with Gasteiger partial charge in [0, 0.05) is 36.1 Å². The van der Waals surface area contributed by atoms with Crippen LogP contribution in [0.1, 0.15) is 40.4 Å². The van der Waals surface area contributed by atoms with Gasteiger partial charge in [-0.15, -0.1) is 0 Å². The van der Waals surface area contributed by atoms with Gasteiger partial charge in [-0.2, -0.15) is 0 Å². The SMILES string of the molecule is O=C(NCc1ccncc1)c1cc(C2CC2)nc2onc(-c3ccccc3)c12. The van der Waals surface area contributed by atoms with Crippen molar-refractivity contribution in [1.29, 1.82) is 0 Å². The average molecular weight is 370 g/mol. The van der Waals surface area contributed by atoms with Gasteiger partial charge in [0.05, 0.1) is 10.9 Å². The number of nitrogens with zero attached hydrogens (tertiary/aromatic N) is 3. The van der Waals surface area contributed by atoms with Crippen molar-refractivity contribution in [2.75, 3.05) is 0 Å². The molecule has 5 rings (SSSR count). The van der Waals surface area contributed by atoms with Crippen LogP contribution in [0, 0.1) is 0 Å². The Morgan fingerprint density at radius 2 is 1.89 bits per heavy atom. The standard InChI is InChI=1S/C22H18N4O2/c27-21(24-13-14-8-10-23-11-9-14)17-12-18(15-6-7-15)25-22-19(17)20(26-28-22)16-4-2-1-3-5-16/h1-5,8-12,15H,6-7,13H2,(H,24,27). The van der Waals surface area contributed by atoms with Crippen molar-refractivity contribution in [2.45, 2.75) is 25.3 Å². The predicted octanol–water partition coefficient (Wildman–Crippen LogP) is 4.09. The van der Waals surface area contributed by atoms with Crippen LogP contribution in [0.5, 0.6) is 0 Å². The average Bonchev–Trinajstić information content (AvgIpc) is 3.52. The van der Waals surface area contributed by atoms with Gasteiger partial charge in [0.15, 0.2) is 0 Å². The summed E-state index contributed by atoms with van der Waals surface area (Å²) in [5.74, 6) is 0.243. The summed E-state index contributed by atoms with van der Waals surface area (Å²) in [6, 6.07) is 15.4. The lowest BCUT2D eigenvalue weighted by Crippen LogP contribution is -2.23. The highest BCUT2D eigenvalue weighted by Crippen LogP contribution is 2.41. The van der Waals surface area contributed by atoms with Gasteiger partial charge in [0.1, 0.15) is 5.69 Å². The first-order valence-electron chi connectivity index (χ1n) is 9.32. The lowest BCUT2D eigenvalue weighted by Gasteiger charge is -2.08. The normalized spacial score (nSPS) is 13.6. The van der Waals surface area contributed by atoms with Crippen LogP contribution >= 0.6 is 0 Å². The molecular formula is C22H18N4O2. The Balaban J connectivity index is 1.57. The van der Waals surface area contributed by atoms with E-state index >= 15 is 0 Å². The Labute approximate surface area is 161 Å². The van der Waals surface area contributed by atoms with E-state index in [0.29, 0.717) is 34.8 Å². The number of pyridine rings is 2. The third kappa shape index (κ3) is 3.13. The molecule has 0 spiro atoms. The zero-order chi connectivity index (χ0) is 18.9. The number of hydrogen-bond acceptors (Lipinski definition) is 5. The van der Waals surface area contributed by atoms with Gasteiger partial charge in [0.25, 0.3) is 11.6 Å². The molecule has 6 nitrogen and oxygen atoms in total. The molecule has 1 amide bonds. The van der Waals surface area contributed by atoms with Gasteiger partial charge in [-0.1, -0.05) is 35.5 Å². The molecule has 0 atom stereocenters. The summed E-state index contributed by atoms with van der Waals surface area (Å²) in [4.78, 5) is 21.7. The molecule has 138 valence electrons. The zero-order valence-corrected chi connectivity index (χ0v) is 15.1. The highest BCUT2D eigenvalue weighted by atomic mass is 16.5. The molecule has 6 heteroatoms. The van der Waals surface area contributed by atoms with Crippen molar-refractivity contribution in [3.8, 4) is 11.3 Å². The second-order valence-corrected chi connectivity index (χ2v) is 6.98. The predicted molar refractivity (Wildman–Crippen MR) is 105 cm³/mol. The van der Waals surface area contributed by atoms with Crippen LogP contribution in [0.4, 0.5) is 0 Å². The Kier molecular flexibility index (Phi) is 4.09. The molecular weight excluding hydrogens is 352 g/mol. The molecule has 0 radical (unpaired) electrons. The zero-order valence-electron chi connectivity index (χ0n) is 15.1. The van der Waals surface area contributed by atoms with Gasteiger partial charge in [-0.05, 0) is 36.6 Å². The maximum atomic E-state index is 13.1. The molecule has 4 aromatic rings. The van der Waals surface area contributed by atoms with Crippen LogP contribution in [0.15, 0.2) is 65.4 Å². The van der Waals surface area contributed by atoms with Crippen molar-refractivity contribution in [1.82, 2.24) is 20.4 Å². The number of benzene rings is 1. The smallest absolute Gasteiger partial charge is 0.259 e. The third-order valence-corrected chi connectivity index (χ3v) is 4.96. The van der Waals surface area contributed by atoms with Crippen LogP contribution in [0.2, 0.25) is 0 Å². The minimum absolute atomic E-state index is 0.161. The van der Waals surface area contributed by atoms with Crippen molar-refractivity contribution in [2.24, 2.45) is 0 Å². The molecule has 0 unspecified atom stereocenters. The highest BCUT2D eigenvalue weighted by Gasteiger charge is 2.29. The topological polar surface area (TPSA) is 80.9 Å². The summed E-state index contributed by atoms with van der Waals surface area (Å²) >= 11 is 0. The second-order valence-electron chi connectivity index (χ2n) is 6.98. The van der Waals surface area contributed by atoms with Crippen LogP contribution in [-0.4, -0.2) is 21.0 Å². The number of carbonyl (C=O) groups is 1. The summed E-state index contributed by atoms with van der Waals surface area (Å²) < 4.78 is 5.53. The molecule has 1 fully saturated rings. The maximum absolute atomic E-state index is 13.1. The van der Waals surface area contributed by atoms with Gasteiger partial charge in [-0.25, -0.2) is 4.98 Å². The number of amides is 1. The van der Waals surface area contributed by atoms with Crippen LogP contribution in [0.3, 0.4) is 0 Å². The summed E-state index contributed by atoms with van der Waals surface area (Å²) in [5.41, 5.74) is 4.39. The van der Waals surface area contributed by atoms with Crippen molar-refractivity contribution >= 4 is 17.0 Å². The first-order valence-corrected chi connectivity index (χ1v) is 9.32. The van der Waals surface area contributed by atoms with E-state index in [0.717, 1.165) is 29.7 Å². The van der Waals surface area contributed by atoms with E-state index in [1.54, 1.807) is 12.4 Å². The van der Waals surface area contributed by atoms with Crippen molar-refractivity contribution in [3.05, 3.63) is 77.7 Å². The van der Waals surface area contributed by atoms with Crippen LogP contribution in [-0.2, 0) is 6.54 Å². The Hall–Kier alpha value is -3.54. The van der Waals surface area contributed by atoms with Gasteiger partial charge < -0.3 is 9.84 Å². The maximum Gasteiger partial charge on any atom is 0.259 e. The van der Waals surface area contributed by atoms with E-state index in [1.807, 2.05) is 48.5 Å². The molecule has 1 aromatic carbocycles. The van der Waals surface area contributed by atoms with E-state index in [4.69, 9.17) is 4.52 Å². The number of aromatic nitrogens is 3. The number of fused-ring (bicyclic) bond motifs is 1. The van der Waals surface area contributed by atoms with Gasteiger partial charge >= 0.3 is 0 Å². The molecule has 1 N–H and O–H groups in total. The van der Waals surface area contributed by atoms with Crippen molar-refractivity contribution in [3.63, 3.8) is 0 Å². The van der Waals surface area contributed by atoms with E-state index in [9.17, 15) is 4.79 Å². The first kappa shape index (κ1) is 16.6. The molecule has 0 aliphatic heterocycles. The van der Waals surface area contributed by atoms with E-state index in [2.05, 4.69) is 20.4 Å². The number of nitrogens with one attached hydrogen (secondary N) is 1. The van der Waals surface area contributed by atoms with Crippen LogP contribution < -0.4 is 5.32 Å². The largest absolute Gasteiger partial charge is 0.348 e. The minimum Gasteiger partial charge on any atom is -0.348 e. The lowest BCUT2D eigenvalue weighted by atomic mass is 10.0. The van der Waals surface area contributed by atoms with E-state index in [-0.39, 0.29) is 5.91 Å². The molecule has 0 bridgehead atoms. The molecule has 3 heterocycles. The lowest BCUT2D eigenvalue weighted by molar-refractivity contribution is 0.0952. The van der Waals surface area contributed by atoms with Gasteiger partial charge in [0.2, 0.25) is 0 Å². The Morgan fingerprint density at radius 1 is 1.11 bits per heavy atom. The fraction of sp³-hybridized carbons (Fsp3) is 0.182. The first-order chi connectivity index (χ1) is 13.8. The number of hydrogen-bond donors (Lipinski definition) is 1. The summed E-state index contributed by atoms with van der Waals surface area (Å²) in [6.45, 7) is 0.426. The Bertz CT molecular complexity index is 1140. The summed E-state index contributed by atoms with van der Waals surface area (Å²) in [7, 11) is 0. The van der Waals surface area contributed by atoms with E-state index < -0.39 is 0 Å². The Morgan fingerprint density at radius 3 is 2.64 bits per heavy atom. The third-order valence-electron chi connectivity index (χ3n) is 4.96. The molecule has 1 aliphatic carbocycles. The van der Waals surface area contributed by atoms with Crippen LogP contribution in [0.25, 0.3) is 22.4 Å². The van der Waals surface area contributed by atoms with E-state index in [1.165, 1.54) is 0 Å². The van der Waals surface area contributed by atoms with Gasteiger partial charge in [-0.3, -0.25) is 9.78 Å².